The second kappa shape index (κ2) is 13.6. The number of nitrogens with one attached hydrogen (secondary N) is 1. The van der Waals surface area contributed by atoms with Crippen LogP contribution in [-0.4, -0.2) is 67.3 Å². The summed E-state index contributed by atoms with van der Waals surface area (Å²) in [7, 11) is -6.57. The minimum absolute atomic E-state index is 0.0541. The van der Waals surface area contributed by atoms with Gasteiger partial charge in [-0.1, -0.05) is 19.4 Å². The topological polar surface area (TPSA) is 89.3 Å². The van der Waals surface area contributed by atoms with Crippen LogP contribution in [-0.2, 0) is 9.59 Å². The van der Waals surface area contributed by atoms with Gasteiger partial charge in [0, 0.05) is 49.8 Å². The Kier molecular flexibility index (Phi) is 11.4. The standard InChI is InChI=1S/C14H12F6N2OS.C7H13F2N.C6H7FN2O/c1-22(14(9-23)10-6-11(15)8-21-7-10)12-2-4-13(5-3-12)24(16,17,18,19)20;1-10-6-2-4-7(8,9)5-3-6;7-5-1-6(3-10)9(2-5)4-8/h2-9,14H,1H3;6,10H,2-5H2,1H3;3,5-6H,1-2H2. The van der Waals surface area contributed by atoms with Gasteiger partial charge in [-0.25, -0.2) is 17.6 Å². The van der Waals surface area contributed by atoms with Crippen LogP contribution < -0.4 is 10.2 Å². The largest absolute Gasteiger partial charge is 0.361 e. The van der Waals surface area contributed by atoms with E-state index in [1.807, 2.05) is 7.05 Å². The van der Waals surface area contributed by atoms with Crippen molar-refractivity contribution in [1.29, 1.82) is 5.26 Å². The number of anilines is 1. The fraction of sp³-hybridized carbons (Fsp3) is 0.481. The first kappa shape index (κ1) is 36.7. The summed E-state index contributed by atoms with van der Waals surface area (Å²) in [6, 6.07) is 1.93. The number of likely N-dealkylation sites (tertiary alicyclic amines) is 1. The van der Waals surface area contributed by atoms with E-state index in [2.05, 4.69) is 10.3 Å². The Labute approximate surface area is 248 Å². The zero-order chi connectivity index (χ0) is 33.4. The molecule has 0 radical (unpaired) electrons. The molecule has 0 spiro atoms. The number of aldehydes is 2. The number of rotatable bonds is 7. The average molecular weight is 662 g/mol. The summed E-state index contributed by atoms with van der Waals surface area (Å²) in [6.45, 7) is 0.0694. The van der Waals surface area contributed by atoms with E-state index in [-0.39, 0.29) is 49.2 Å². The molecule has 3 unspecified atom stereocenters. The van der Waals surface area contributed by atoms with E-state index in [0.717, 1.165) is 29.3 Å². The number of alkyl halides is 3. The van der Waals surface area contributed by atoms with Crippen LogP contribution in [0.2, 0.25) is 0 Å². The van der Waals surface area contributed by atoms with Crippen LogP contribution >= 0.6 is 10.2 Å². The summed E-state index contributed by atoms with van der Waals surface area (Å²) < 4.78 is 114. The number of nitriles is 1. The number of hydrogen-bond acceptors (Lipinski definition) is 7. The Balaban J connectivity index is 0.000000276. The predicted molar refractivity (Wildman–Crippen MR) is 147 cm³/mol. The number of pyridine rings is 1. The first-order valence-electron chi connectivity index (χ1n) is 13.2. The lowest BCUT2D eigenvalue weighted by Crippen LogP contribution is -2.34. The number of aromatic nitrogens is 1. The lowest BCUT2D eigenvalue weighted by molar-refractivity contribution is -0.111. The van der Waals surface area contributed by atoms with E-state index < -0.39 is 45.1 Å². The highest BCUT2D eigenvalue weighted by Gasteiger charge is 2.65. The van der Waals surface area contributed by atoms with E-state index in [9.17, 15) is 46.6 Å². The van der Waals surface area contributed by atoms with Gasteiger partial charge in [0.1, 0.15) is 35.5 Å². The lowest BCUT2D eigenvalue weighted by Gasteiger charge is -2.40. The summed E-state index contributed by atoms with van der Waals surface area (Å²) in [4.78, 5) is 25.4. The van der Waals surface area contributed by atoms with Crippen molar-refractivity contribution in [2.45, 2.75) is 67.2 Å². The van der Waals surface area contributed by atoms with Crippen LogP contribution in [0.3, 0.4) is 0 Å². The third kappa shape index (κ3) is 10.9. The van der Waals surface area contributed by atoms with Crippen LogP contribution in [0.25, 0.3) is 0 Å². The third-order valence-electron chi connectivity index (χ3n) is 7.01. The molecule has 246 valence electrons. The molecule has 1 aliphatic heterocycles. The second-order valence-corrected chi connectivity index (χ2v) is 12.7. The van der Waals surface area contributed by atoms with Gasteiger partial charge in [0.15, 0.2) is 6.19 Å². The predicted octanol–water partition coefficient (Wildman–Crippen LogP) is 7.12. The Bertz CT molecular complexity index is 1300. The van der Waals surface area contributed by atoms with Crippen molar-refractivity contribution in [3.63, 3.8) is 0 Å². The third-order valence-corrected chi connectivity index (χ3v) is 8.17. The molecule has 17 heteroatoms. The molecule has 3 atom stereocenters. The summed E-state index contributed by atoms with van der Waals surface area (Å²) in [5.41, 5.74) is 0.242. The lowest BCUT2D eigenvalue weighted by atomic mass is 9.92. The number of halogens is 9. The van der Waals surface area contributed by atoms with Crippen molar-refractivity contribution in [3.05, 3.63) is 54.1 Å². The zero-order valence-corrected chi connectivity index (χ0v) is 24.5. The number of hydrogen-bond donors (Lipinski definition) is 1. The fourth-order valence-electron chi connectivity index (χ4n) is 4.47. The SMILES string of the molecule is CN(c1ccc(S(F)(F)(F)(F)F)cc1)C(C=O)c1cncc(F)c1.CNC1CCC(F)(F)CC1.N#CN1CC(F)CC1C=O. The molecule has 4 rings (SSSR count). The Morgan fingerprint density at radius 2 is 1.70 bits per heavy atom. The minimum Gasteiger partial charge on any atom is -0.361 e. The average Bonchev–Trinajstić information content (AvgIpc) is 3.33. The first-order valence-corrected chi connectivity index (χ1v) is 15.1. The second-order valence-electron chi connectivity index (χ2n) is 10.3. The first-order chi connectivity index (χ1) is 20.2. The monoisotopic (exact) mass is 661 g/mol. The summed E-state index contributed by atoms with van der Waals surface area (Å²) in [6.07, 6.45) is 5.44. The van der Waals surface area contributed by atoms with Crippen molar-refractivity contribution in [1.82, 2.24) is 15.2 Å². The molecule has 0 bridgehead atoms. The van der Waals surface area contributed by atoms with Crippen LogP contribution in [0.4, 0.5) is 42.7 Å². The highest BCUT2D eigenvalue weighted by Crippen LogP contribution is 3.02. The fourth-order valence-corrected chi connectivity index (χ4v) is 5.12. The normalized spacial score (nSPS) is 22.0. The molecule has 2 aromatic rings. The molecular formula is C27H32F9N5O2S. The summed E-state index contributed by atoms with van der Waals surface area (Å²) in [5.74, 6) is -3.07. The molecule has 1 saturated heterocycles. The van der Waals surface area contributed by atoms with Gasteiger partial charge in [-0.3, -0.25) is 9.88 Å². The van der Waals surface area contributed by atoms with E-state index >= 15 is 0 Å². The molecule has 0 amide bonds. The smallest absolute Gasteiger partial charge is 0.310 e. The zero-order valence-electron chi connectivity index (χ0n) is 23.7. The molecule has 44 heavy (non-hydrogen) atoms. The molecule has 7 nitrogen and oxygen atoms in total. The summed E-state index contributed by atoms with van der Waals surface area (Å²) in [5, 5.41) is 11.3. The Morgan fingerprint density at radius 1 is 1.11 bits per heavy atom. The number of benzene rings is 1. The van der Waals surface area contributed by atoms with Gasteiger partial charge in [0.2, 0.25) is 5.92 Å². The molecule has 1 saturated carbocycles. The summed E-state index contributed by atoms with van der Waals surface area (Å²) >= 11 is 0. The number of carbonyl (C=O) groups is 2. The van der Waals surface area contributed by atoms with E-state index in [1.54, 1.807) is 6.19 Å². The molecule has 1 aromatic heterocycles. The number of carbonyl (C=O) groups excluding carboxylic acids is 2. The van der Waals surface area contributed by atoms with Gasteiger partial charge in [-0.15, -0.1) is 0 Å². The highest BCUT2D eigenvalue weighted by atomic mass is 32.5. The maximum Gasteiger partial charge on any atom is 0.310 e. The maximum absolute atomic E-state index is 13.2. The van der Waals surface area contributed by atoms with Gasteiger partial charge < -0.3 is 19.8 Å². The number of nitrogens with zero attached hydrogens (tertiary/aromatic N) is 4. The van der Waals surface area contributed by atoms with Crippen LogP contribution in [0, 0.1) is 17.3 Å². The maximum atomic E-state index is 13.2. The highest BCUT2D eigenvalue weighted by molar-refractivity contribution is 8.45. The van der Waals surface area contributed by atoms with Crippen molar-refractivity contribution in [3.8, 4) is 6.19 Å². The van der Waals surface area contributed by atoms with Crippen molar-refractivity contribution in [2.75, 3.05) is 25.5 Å². The van der Waals surface area contributed by atoms with Gasteiger partial charge in [0.25, 0.3) is 0 Å². The molecule has 2 heterocycles. The van der Waals surface area contributed by atoms with Crippen LogP contribution in [0.5, 0.6) is 0 Å². The van der Waals surface area contributed by atoms with Crippen molar-refractivity contribution < 1.29 is 46.6 Å². The molecule has 2 fully saturated rings. The van der Waals surface area contributed by atoms with E-state index in [1.165, 1.54) is 18.1 Å². The van der Waals surface area contributed by atoms with Gasteiger partial charge >= 0.3 is 10.2 Å². The molecule has 1 N–H and O–H groups in total. The molecule has 1 aliphatic carbocycles. The van der Waals surface area contributed by atoms with Crippen molar-refractivity contribution >= 4 is 28.5 Å². The number of likely N-dealkylation sites (N-methyl/N-ethyl adjacent to an activating group) is 1. The Morgan fingerprint density at radius 3 is 2.14 bits per heavy atom. The van der Waals surface area contributed by atoms with E-state index in [4.69, 9.17) is 5.26 Å². The molecule has 2 aliphatic rings. The van der Waals surface area contributed by atoms with Gasteiger partial charge in [-0.2, -0.15) is 5.26 Å². The molecule has 1 aromatic carbocycles. The van der Waals surface area contributed by atoms with Crippen LogP contribution in [0.15, 0.2) is 47.6 Å². The molecular weight excluding hydrogens is 629 g/mol. The van der Waals surface area contributed by atoms with Crippen LogP contribution in [0.1, 0.15) is 43.7 Å². The Hall–Kier alpha value is -3.52. The van der Waals surface area contributed by atoms with Gasteiger partial charge in [-0.05, 0) is 50.2 Å². The van der Waals surface area contributed by atoms with Crippen molar-refractivity contribution in [2.24, 2.45) is 0 Å². The van der Waals surface area contributed by atoms with Gasteiger partial charge in [0.05, 0.1) is 18.8 Å². The minimum atomic E-state index is -9.75. The van der Waals surface area contributed by atoms with E-state index in [0.29, 0.717) is 31.5 Å². The quantitative estimate of drug-likeness (QED) is 0.192.